The highest BCUT2D eigenvalue weighted by molar-refractivity contribution is 5.83. The number of rotatable bonds is 3. The molecular weight excluding hydrogens is 263 g/mol. The molecule has 0 fully saturated rings. The van der Waals surface area contributed by atoms with Crippen molar-refractivity contribution in [3.8, 4) is 0 Å². The Morgan fingerprint density at radius 1 is 1.10 bits per heavy atom. The fraction of sp³-hybridized carbons (Fsp3) is 0.167. The highest BCUT2D eigenvalue weighted by Gasteiger charge is 2.15. The molecule has 0 aliphatic heterocycles. The number of hydrogen-bond acceptors (Lipinski definition) is 2. The minimum absolute atomic E-state index is 0.0113. The van der Waals surface area contributed by atoms with Crippen LogP contribution in [0.2, 0.25) is 0 Å². The average molecular weight is 280 g/mol. The molecule has 0 bridgehead atoms. The number of nitrogens with zero attached hydrogens (tertiary/aromatic N) is 1. The molecule has 0 aliphatic rings. The van der Waals surface area contributed by atoms with Crippen LogP contribution in [0.4, 0.5) is 4.39 Å². The number of pyridine rings is 1. The van der Waals surface area contributed by atoms with Crippen LogP contribution in [0.3, 0.4) is 0 Å². The van der Waals surface area contributed by atoms with Crippen molar-refractivity contribution in [2.45, 2.75) is 13.0 Å². The standard InChI is InChI=1S/C18H17FN2/c1-12-11-13(8-9-16(12)19)18(20-2)15-5-3-7-17-14(15)6-4-10-21-17/h3-11,18,20H,1-2H3. The molecule has 106 valence electrons. The lowest BCUT2D eigenvalue weighted by molar-refractivity contribution is 0.614. The predicted molar refractivity (Wildman–Crippen MR) is 83.8 cm³/mol. The minimum atomic E-state index is -0.173. The SMILES string of the molecule is CNC(c1ccc(F)c(C)c1)c1cccc2ncccc12. The molecule has 3 rings (SSSR count). The van der Waals surface area contributed by atoms with Gasteiger partial charge in [0, 0.05) is 11.6 Å². The molecule has 0 aliphatic carbocycles. The van der Waals surface area contributed by atoms with E-state index in [0.29, 0.717) is 5.56 Å². The summed E-state index contributed by atoms with van der Waals surface area (Å²) < 4.78 is 13.5. The van der Waals surface area contributed by atoms with E-state index >= 15 is 0 Å². The fourth-order valence-electron chi connectivity index (χ4n) is 2.73. The van der Waals surface area contributed by atoms with Gasteiger partial charge in [-0.1, -0.05) is 30.3 Å². The van der Waals surface area contributed by atoms with E-state index in [2.05, 4.69) is 22.4 Å². The maximum absolute atomic E-state index is 13.5. The Kier molecular flexibility index (Phi) is 3.67. The Bertz CT molecular complexity index is 778. The van der Waals surface area contributed by atoms with Crippen molar-refractivity contribution in [3.05, 3.63) is 77.2 Å². The molecule has 0 amide bonds. The van der Waals surface area contributed by atoms with Crippen LogP contribution in [0.15, 0.2) is 54.7 Å². The first-order valence-corrected chi connectivity index (χ1v) is 6.97. The Labute approximate surface area is 123 Å². The predicted octanol–water partition coefficient (Wildman–Crippen LogP) is 3.99. The fourth-order valence-corrected chi connectivity index (χ4v) is 2.73. The number of hydrogen-bond donors (Lipinski definition) is 1. The molecule has 2 nitrogen and oxygen atoms in total. The van der Waals surface area contributed by atoms with E-state index in [0.717, 1.165) is 22.0 Å². The van der Waals surface area contributed by atoms with Crippen LogP contribution in [-0.4, -0.2) is 12.0 Å². The molecule has 3 aromatic rings. The second-order valence-corrected chi connectivity index (χ2v) is 5.15. The number of halogens is 1. The van der Waals surface area contributed by atoms with Gasteiger partial charge >= 0.3 is 0 Å². The van der Waals surface area contributed by atoms with Crippen LogP contribution in [0.25, 0.3) is 10.9 Å². The molecule has 3 heteroatoms. The van der Waals surface area contributed by atoms with E-state index in [1.807, 2.05) is 37.4 Å². The third-order valence-electron chi connectivity index (χ3n) is 3.79. The molecule has 1 unspecified atom stereocenters. The Morgan fingerprint density at radius 3 is 2.71 bits per heavy atom. The van der Waals surface area contributed by atoms with Gasteiger partial charge in [0.2, 0.25) is 0 Å². The molecule has 1 N–H and O–H groups in total. The molecule has 0 saturated heterocycles. The van der Waals surface area contributed by atoms with Crippen LogP contribution in [0, 0.1) is 12.7 Å². The van der Waals surface area contributed by atoms with Crippen molar-refractivity contribution in [2.75, 3.05) is 7.05 Å². The monoisotopic (exact) mass is 280 g/mol. The van der Waals surface area contributed by atoms with Crippen molar-refractivity contribution in [3.63, 3.8) is 0 Å². The third kappa shape index (κ3) is 2.52. The summed E-state index contributed by atoms with van der Waals surface area (Å²) in [5, 5.41) is 4.44. The third-order valence-corrected chi connectivity index (χ3v) is 3.79. The summed E-state index contributed by atoms with van der Waals surface area (Å²) in [5.74, 6) is -0.173. The van der Waals surface area contributed by atoms with Gasteiger partial charge in [-0.25, -0.2) is 4.39 Å². The number of nitrogens with one attached hydrogen (secondary N) is 1. The van der Waals surface area contributed by atoms with Gasteiger partial charge in [-0.3, -0.25) is 4.98 Å². The second kappa shape index (κ2) is 5.62. The van der Waals surface area contributed by atoms with Crippen molar-refractivity contribution in [2.24, 2.45) is 0 Å². The zero-order valence-electron chi connectivity index (χ0n) is 12.1. The largest absolute Gasteiger partial charge is 0.309 e. The van der Waals surface area contributed by atoms with Gasteiger partial charge in [0.05, 0.1) is 11.6 Å². The molecule has 1 atom stereocenters. The number of aryl methyl sites for hydroxylation is 1. The van der Waals surface area contributed by atoms with Crippen molar-refractivity contribution < 1.29 is 4.39 Å². The molecule has 0 spiro atoms. The van der Waals surface area contributed by atoms with E-state index in [-0.39, 0.29) is 11.9 Å². The lowest BCUT2D eigenvalue weighted by atomic mass is 9.94. The lowest BCUT2D eigenvalue weighted by Gasteiger charge is -2.19. The quantitative estimate of drug-likeness (QED) is 0.784. The van der Waals surface area contributed by atoms with Gasteiger partial charge in [0.25, 0.3) is 0 Å². The Hall–Kier alpha value is -2.26. The van der Waals surface area contributed by atoms with Crippen molar-refractivity contribution in [1.29, 1.82) is 0 Å². The molecule has 1 aromatic heterocycles. The number of benzene rings is 2. The smallest absolute Gasteiger partial charge is 0.126 e. The van der Waals surface area contributed by atoms with E-state index in [1.165, 1.54) is 6.07 Å². The minimum Gasteiger partial charge on any atom is -0.309 e. The first kappa shape index (κ1) is 13.7. The summed E-state index contributed by atoms with van der Waals surface area (Å²) in [5.41, 5.74) is 3.82. The summed E-state index contributed by atoms with van der Waals surface area (Å²) in [6.07, 6.45) is 1.79. The summed E-state index contributed by atoms with van der Waals surface area (Å²) in [6, 6.07) is 15.4. The first-order valence-electron chi connectivity index (χ1n) is 6.97. The topological polar surface area (TPSA) is 24.9 Å². The van der Waals surface area contributed by atoms with Gasteiger partial charge in [-0.05, 0) is 48.9 Å². The number of aromatic nitrogens is 1. The van der Waals surface area contributed by atoms with Gasteiger partial charge < -0.3 is 5.32 Å². The Balaban J connectivity index is 2.16. The van der Waals surface area contributed by atoms with Gasteiger partial charge in [0.15, 0.2) is 0 Å². The van der Waals surface area contributed by atoms with E-state index in [9.17, 15) is 4.39 Å². The molecular formula is C18H17FN2. The molecule has 2 aromatic carbocycles. The van der Waals surface area contributed by atoms with E-state index in [4.69, 9.17) is 0 Å². The molecule has 0 radical (unpaired) electrons. The van der Waals surface area contributed by atoms with Crippen LogP contribution >= 0.6 is 0 Å². The zero-order chi connectivity index (χ0) is 14.8. The normalized spacial score (nSPS) is 12.5. The maximum atomic E-state index is 13.5. The zero-order valence-corrected chi connectivity index (χ0v) is 12.1. The van der Waals surface area contributed by atoms with Crippen LogP contribution in [-0.2, 0) is 0 Å². The first-order chi connectivity index (χ1) is 10.2. The van der Waals surface area contributed by atoms with Gasteiger partial charge in [-0.15, -0.1) is 0 Å². The van der Waals surface area contributed by atoms with Gasteiger partial charge in [0.1, 0.15) is 5.82 Å². The average Bonchev–Trinajstić information content (AvgIpc) is 2.52. The van der Waals surface area contributed by atoms with Crippen LogP contribution in [0.1, 0.15) is 22.7 Å². The van der Waals surface area contributed by atoms with E-state index < -0.39 is 0 Å². The van der Waals surface area contributed by atoms with Crippen LogP contribution in [0.5, 0.6) is 0 Å². The second-order valence-electron chi connectivity index (χ2n) is 5.15. The van der Waals surface area contributed by atoms with Crippen LogP contribution < -0.4 is 5.32 Å². The summed E-state index contributed by atoms with van der Waals surface area (Å²) in [4.78, 5) is 4.40. The lowest BCUT2D eigenvalue weighted by Crippen LogP contribution is -2.18. The van der Waals surface area contributed by atoms with Gasteiger partial charge in [-0.2, -0.15) is 0 Å². The van der Waals surface area contributed by atoms with E-state index in [1.54, 1.807) is 13.1 Å². The van der Waals surface area contributed by atoms with Crippen molar-refractivity contribution in [1.82, 2.24) is 10.3 Å². The molecule has 1 heterocycles. The molecule has 21 heavy (non-hydrogen) atoms. The number of fused-ring (bicyclic) bond motifs is 1. The maximum Gasteiger partial charge on any atom is 0.126 e. The summed E-state index contributed by atoms with van der Waals surface area (Å²) in [6.45, 7) is 1.79. The summed E-state index contributed by atoms with van der Waals surface area (Å²) in [7, 11) is 1.92. The highest BCUT2D eigenvalue weighted by atomic mass is 19.1. The highest BCUT2D eigenvalue weighted by Crippen LogP contribution is 2.28. The Morgan fingerprint density at radius 2 is 1.95 bits per heavy atom. The summed E-state index contributed by atoms with van der Waals surface area (Å²) >= 11 is 0. The van der Waals surface area contributed by atoms with Crippen molar-refractivity contribution >= 4 is 10.9 Å². The molecule has 0 saturated carbocycles.